The largest absolute Gasteiger partial charge is 0.370 e. The van der Waals surface area contributed by atoms with Gasteiger partial charge in [0.05, 0.1) is 17.4 Å². The first-order valence-electron chi connectivity index (χ1n) is 9.21. The molecule has 25 heavy (non-hydrogen) atoms. The van der Waals surface area contributed by atoms with Crippen LogP contribution in [0.2, 0.25) is 0 Å². The second-order valence-electron chi connectivity index (χ2n) is 7.59. The molecular formula is C19H29N3O3. The molecule has 1 amide bonds. The topological polar surface area (TPSA) is 67.6 Å². The minimum absolute atomic E-state index is 0.0136. The van der Waals surface area contributed by atoms with Gasteiger partial charge in [0.2, 0.25) is 5.76 Å². The fourth-order valence-corrected chi connectivity index (χ4v) is 3.63. The number of carbonyl (C=O) groups excluding carboxylic acids is 1. The van der Waals surface area contributed by atoms with E-state index in [1.807, 2.05) is 0 Å². The van der Waals surface area contributed by atoms with E-state index in [0.29, 0.717) is 12.2 Å². The van der Waals surface area contributed by atoms with Crippen molar-refractivity contribution in [2.75, 3.05) is 26.2 Å². The first kappa shape index (κ1) is 18.1. The lowest BCUT2D eigenvalue weighted by Crippen LogP contribution is -2.45. The molecule has 0 unspecified atom stereocenters. The number of aromatic nitrogens is 1. The molecule has 0 radical (unpaired) electrons. The van der Waals surface area contributed by atoms with Crippen molar-refractivity contribution in [3.8, 4) is 0 Å². The number of hydrogen-bond donors (Lipinski definition) is 1. The van der Waals surface area contributed by atoms with E-state index < -0.39 is 0 Å². The van der Waals surface area contributed by atoms with Gasteiger partial charge in [0, 0.05) is 32.2 Å². The SMILES string of the molecule is CC(C)=CCN1CCC2(CC[C@@H](CNC(=O)c3cc(C)no3)O2)CC1. The number of nitrogens with zero attached hydrogens (tertiary/aromatic N) is 2. The van der Waals surface area contributed by atoms with Gasteiger partial charge in [0.1, 0.15) is 0 Å². The van der Waals surface area contributed by atoms with Crippen LogP contribution in [-0.2, 0) is 4.74 Å². The normalized spacial score (nSPS) is 22.9. The Balaban J connectivity index is 1.43. The van der Waals surface area contributed by atoms with Gasteiger partial charge >= 0.3 is 0 Å². The van der Waals surface area contributed by atoms with Crippen molar-refractivity contribution in [2.45, 2.75) is 58.2 Å². The number of nitrogens with one attached hydrogen (secondary N) is 1. The Hall–Kier alpha value is -1.66. The molecule has 0 aliphatic carbocycles. The minimum Gasteiger partial charge on any atom is -0.370 e. The number of ether oxygens (including phenoxy) is 1. The van der Waals surface area contributed by atoms with Crippen LogP contribution in [0, 0.1) is 6.92 Å². The zero-order valence-electron chi connectivity index (χ0n) is 15.5. The Morgan fingerprint density at radius 2 is 2.16 bits per heavy atom. The van der Waals surface area contributed by atoms with Crippen molar-refractivity contribution in [1.82, 2.24) is 15.4 Å². The third-order valence-corrected chi connectivity index (χ3v) is 5.21. The monoisotopic (exact) mass is 347 g/mol. The molecular weight excluding hydrogens is 318 g/mol. The molecule has 1 atom stereocenters. The van der Waals surface area contributed by atoms with Crippen molar-refractivity contribution in [3.63, 3.8) is 0 Å². The van der Waals surface area contributed by atoms with Crippen molar-refractivity contribution in [1.29, 1.82) is 0 Å². The zero-order valence-corrected chi connectivity index (χ0v) is 15.5. The van der Waals surface area contributed by atoms with E-state index in [1.165, 1.54) is 5.57 Å². The number of rotatable bonds is 5. The van der Waals surface area contributed by atoms with Gasteiger partial charge < -0.3 is 14.6 Å². The molecule has 0 saturated carbocycles. The van der Waals surface area contributed by atoms with Crippen LogP contribution in [-0.4, -0.2) is 53.8 Å². The molecule has 2 fully saturated rings. The van der Waals surface area contributed by atoms with Gasteiger partial charge in [-0.15, -0.1) is 0 Å². The van der Waals surface area contributed by atoms with E-state index in [1.54, 1.807) is 13.0 Å². The van der Waals surface area contributed by atoms with Crippen molar-refractivity contribution in [2.24, 2.45) is 0 Å². The highest BCUT2D eigenvalue weighted by molar-refractivity contribution is 5.91. The Morgan fingerprint density at radius 1 is 1.40 bits per heavy atom. The van der Waals surface area contributed by atoms with Gasteiger partial charge in [-0.05, 0) is 46.5 Å². The molecule has 1 aromatic heterocycles. The van der Waals surface area contributed by atoms with Gasteiger partial charge in [-0.1, -0.05) is 16.8 Å². The number of allylic oxidation sites excluding steroid dienone is 1. The van der Waals surface area contributed by atoms with Gasteiger partial charge in [0.15, 0.2) is 0 Å². The number of amides is 1. The van der Waals surface area contributed by atoms with Crippen LogP contribution >= 0.6 is 0 Å². The fraction of sp³-hybridized carbons (Fsp3) is 0.684. The van der Waals surface area contributed by atoms with Crippen molar-refractivity contribution >= 4 is 5.91 Å². The summed E-state index contributed by atoms with van der Waals surface area (Å²) in [5.74, 6) is 0.0412. The molecule has 0 bridgehead atoms. The number of hydrogen-bond acceptors (Lipinski definition) is 5. The van der Waals surface area contributed by atoms with E-state index in [9.17, 15) is 4.79 Å². The molecule has 6 heteroatoms. The molecule has 2 aliphatic rings. The highest BCUT2D eigenvalue weighted by Gasteiger charge is 2.42. The maximum absolute atomic E-state index is 12.0. The van der Waals surface area contributed by atoms with Crippen LogP contribution in [0.1, 0.15) is 55.8 Å². The third kappa shape index (κ3) is 4.70. The second kappa shape index (κ2) is 7.70. The third-order valence-electron chi connectivity index (χ3n) is 5.21. The highest BCUT2D eigenvalue weighted by Crippen LogP contribution is 2.38. The number of piperidine rings is 1. The lowest BCUT2D eigenvalue weighted by molar-refractivity contribution is -0.0741. The first-order chi connectivity index (χ1) is 12.0. The summed E-state index contributed by atoms with van der Waals surface area (Å²) in [7, 11) is 0. The number of aryl methyl sites for hydroxylation is 1. The van der Waals surface area contributed by atoms with E-state index in [0.717, 1.165) is 45.3 Å². The van der Waals surface area contributed by atoms with Crippen molar-refractivity contribution in [3.05, 3.63) is 29.2 Å². The Kier molecular flexibility index (Phi) is 5.59. The first-order valence-corrected chi connectivity index (χ1v) is 9.21. The summed E-state index contributed by atoms with van der Waals surface area (Å²) in [6.07, 6.45) is 6.63. The second-order valence-corrected chi connectivity index (χ2v) is 7.59. The lowest BCUT2D eigenvalue weighted by Gasteiger charge is -2.39. The maximum atomic E-state index is 12.0. The van der Waals surface area contributed by atoms with Gasteiger partial charge in [-0.25, -0.2) is 0 Å². The predicted molar refractivity (Wildman–Crippen MR) is 95.5 cm³/mol. The summed E-state index contributed by atoms with van der Waals surface area (Å²) in [6.45, 7) is 9.82. The van der Waals surface area contributed by atoms with E-state index in [4.69, 9.17) is 9.26 Å². The molecule has 1 spiro atoms. The van der Waals surface area contributed by atoms with Crippen LogP contribution in [0.3, 0.4) is 0 Å². The van der Waals surface area contributed by atoms with Crippen LogP contribution in [0.25, 0.3) is 0 Å². The summed E-state index contributed by atoms with van der Waals surface area (Å²) in [5, 5.41) is 6.64. The standard InChI is InChI=1S/C19H29N3O3/c1-14(2)5-9-22-10-7-19(8-11-22)6-4-16(24-19)13-20-18(23)17-12-15(3)21-25-17/h5,12,16H,4,6-11,13H2,1-3H3,(H,20,23)/t16-/m0/s1. The quantitative estimate of drug-likeness (QED) is 0.830. The maximum Gasteiger partial charge on any atom is 0.289 e. The fourth-order valence-electron chi connectivity index (χ4n) is 3.63. The molecule has 2 saturated heterocycles. The molecule has 1 aromatic rings. The minimum atomic E-state index is -0.221. The zero-order chi connectivity index (χ0) is 17.9. The van der Waals surface area contributed by atoms with Crippen LogP contribution in [0.5, 0.6) is 0 Å². The molecule has 1 N–H and O–H groups in total. The van der Waals surface area contributed by atoms with Gasteiger partial charge in [-0.3, -0.25) is 9.69 Å². The van der Waals surface area contributed by atoms with Crippen LogP contribution < -0.4 is 5.32 Å². The summed E-state index contributed by atoms with van der Waals surface area (Å²) in [4.78, 5) is 14.5. The van der Waals surface area contributed by atoms with Crippen LogP contribution in [0.15, 0.2) is 22.2 Å². The Morgan fingerprint density at radius 3 is 2.80 bits per heavy atom. The van der Waals surface area contributed by atoms with Gasteiger partial charge in [0.25, 0.3) is 5.91 Å². The van der Waals surface area contributed by atoms with Crippen LogP contribution in [0.4, 0.5) is 0 Å². The summed E-state index contributed by atoms with van der Waals surface area (Å²) >= 11 is 0. The number of carbonyl (C=O) groups is 1. The molecule has 6 nitrogen and oxygen atoms in total. The predicted octanol–water partition coefficient (Wildman–Crippen LogP) is 2.69. The van der Waals surface area contributed by atoms with E-state index in [2.05, 4.69) is 35.3 Å². The highest BCUT2D eigenvalue weighted by atomic mass is 16.5. The lowest BCUT2D eigenvalue weighted by atomic mass is 9.88. The Labute approximate surface area is 149 Å². The molecule has 2 aliphatic heterocycles. The van der Waals surface area contributed by atoms with Crippen molar-refractivity contribution < 1.29 is 14.1 Å². The Bertz CT molecular complexity index is 626. The summed E-state index contributed by atoms with van der Waals surface area (Å²) in [6, 6.07) is 1.65. The number of likely N-dealkylation sites (tertiary alicyclic amines) is 1. The average Bonchev–Trinajstić information content (AvgIpc) is 3.19. The molecule has 3 rings (SSSR count). The van der Waals surface area contributed by atoms with E-state index >= 15 is 0 Å². The molecule has 3 heterocycles. The average molecular weight is 347 g/mol. The van der Waals surface area contributed by atoms with E-state index in [-0.39, 0.29) is 23.4 Å². The smallest absolute Gasteiger partial charge is 0.289 e. The summed E-state index contributed by atoms with van der Waals surface area (Å²) < 4.78 is 11.3. The molecule has 138 valence electrons. The van der Waals surface area contributed by atoms with Gasteiger partial charge in [-0.2, -0.15) is 0 Å². The molecule has 0 aromatic carbocycles. The summed E-state index contributed by atoms with van der Waals surface area (Å²) in [5.41, 5.74) is 2.09.